The molecule has 29 heavy (non-hydrogen) atoms. The van der Waals surface area contributed by atoms with Crippen molar-refractivity contribution in [3.05, 3.63) is 71.1 Å². The minimum Gasteiger partial charge on any atom is -0.465 e. The Bertz CT molecular complexity index is 1130. The minimum atomic E-state index is -3.34. The summed E-state index contributed by atoms with van der Waals surface area (Å²) in [7, 11) is -2.06. The number of thiophene rings is 1. The molecule has 6 nitrogen and oxygen atoms in total. The highest BCUT2D eigenvalue weighted by Gasteiger charge is 2.20. The number of sulfone groups is 1. The SMILES string of the molecule is CCS(=O)(=O)c1ccc(C(=O)Nc2cc(-c3ccccc3)sc2C(=O)OC)cc1. The van der Waals surface area contributed by atoms with E-state index in [4.69, 9.17) is 4.74 Å². The first-order valence-electron chi connectivity index (χ1n) is 8.77. The molecule has 0 bridgehead atoms. The second-order valence-corrected chi connectivity index (χ2v) is 9.42. The van der Waals surface area contributed by atoms with E-state index in [9.17, 15) is 18.0 Å². The van der Waals surface area contributed by atoms with E-state index < -0.39 is 21.7 Å². The van der Waals surface area contributed by atoms with Crippen molar-refractivity contribution in [1.29, 1.82) is 0 Å². The third kappa shape index (κ3) is 4.55. The van der Waals surface area contributed by atoms with E-state index in [1.807, 2.05) is 30.3 Å². The van der Waals surface area contributed by atoms with Gasteiger partial charge in [0.05, 0.1) is 23.4 Å². The van der Waals surface area contributed by atoms with Crippen molar-refractivity contribution in [3.63, 3.8) is 0 Å². The number of benzene rings is 2. The van der Waals surface area contributed by atoms with Crippen LogP contribution in [0.4, 0.5) is 5.69 Å². The Morgan fingerprint density at radius 2 is 1.69 bits per heavy atom. The number of carbonyl (C=O) groups excluding carboxylic acids is 2. The second kappa shape index (κ2) is 8.59. The number of hydrogen-bond donors (Lipinski definition) is 1. The summed E-state index contributed by atoms with van der Waals surface area (Å²) < 4.78 is 28.7. The van der Waals surface area contributed by atoms with Gasteiger partial charge in [-0.15, -0.1) is 11.3 Å². The quantitative estimate of drug-likeness (QED) is 0.592. The van der Waals surface area contributed by atoms with Crippen LogP contribution in [0.5, 0.6) is 0 Å². The lowest BCUT2D eigenvalue weighted by atomic mass is 10.2. The van der Waals surface area contributed by atoms with Crippen molar-refractivity contribution in [3.8, 4) is 10.4 Å². The van der Waals surface area contributed by atoms with Crippen LogP contribution in [0.25, 0.3) is 10.4 Å². The summed E-state index contributed by atoms with van der Waals surface area (Å²) >= 11 is 1.22. The lowest BCUT2D eigenvalue weighted by Gasteiger charge is -2.07. The second-order valence-electron chi connectivity index (χ2n) is 6.09. The zero-order valence-corrected chi connectivity index (χ0v) is 17.5. The number of ether oxygens (including phenoxy) is 1. The van der Waals surface area contributed by atoms with E-state index in [0.717, 1.165) is 10.4 Å². The first-order valence-corrected chi connectivity index (χ1v) is 11.2. The average molecular weight is 430 g/mol. The van der Waals surface area contributed by atoms with Gasteiger partial charge in [0, 0.05) is 10.4 Å². The van der Waals surface area contributed by atoms with E-state index in [2.05, 4.69) is 5.32 Å². The number of methoxy groups -OCH3 is 1. The van der Waals surface area contributed by atoms with Gasteiger partial charge in [-0.1, -0.05) is 37.3 Å². The summed E-state index contributed by atoms with van der Waals surface area (Å²) in [6.45, 7) is 1.56. The number of anilines is 1. The zero-order chi connectivity index (χ0) is 21.0. The molecule has 0 aliphatic rings. The van der Waals surface area contributed by atoms with Crippen molar-refractivity contribution >= 4 is 38.7 Å². The maximum atomic E-state index is 12.6. The molecule has 3 aromatic rings. The number of rotatable bonds is 6. The molecule has 0 fully saturated rings. The third-order valence-corrected chi connectivity index (χ3v) is 7.18. The topological polar surface area (TPSA) is 89.5 Å². The third-order valence-electron chi connectivity index (χ3n) is 4.27. The fraction of sp³-hybridized carbons (Fsp3) is 0.143. The largest absolute Gasteiger partial charge is 0.465 e. The molecule has 1 aromatic heterocycles. The van der Waals surface area contributed by atoms with E-state index in [1.54, 1.807) is 13.0 Å². The smallest absolute Gasteiger partial charge is 0.350 e. The van der Waals surface area contributed by atoms with Crippen molar-refractivity contribution < 1.29 is 22.7 Å². The van der Waals surface area contributed by atoms with E-state index in [-0.39, 0.29) is 21.1 Å². The van der Waals surface area contributed by atoms with Gasteiger partial charge >= 0.3 is 5.97 Å². The molecule has 1 amide bonds. The van der Waals surface area contributed by atoms with Gasteiger partial charge in [-0.05, 0) is 35.9 Å². The molecule has 0 aliphatic heterocycles. The lowest BCUT2D eigenvalue weighted by Crippen LogP contribution is -2.14. The molecule has 0 radical (unpaired) electrons. The van der Waals surface area contributed by atoms with E-state index >= 15 is 0 Å². The van der Waals surface area contributed by atoms with Crippen molar-refractivity contribution in [1.82, 2.24) is 0 Å². The molecule has 0 atom stereocenters. The number of carbonyl (C=O) groups is 2. The Hall–Kier alpha value is -2.97. The molecular formula is C21H19NO5S2. The Labute approximate surface area is 173 Å². The fourth-order valence-corrected chi connectivity index (χ4v) is 4.57. The van der Waals surface area contributed by atoms with Crippen LogP contribution in [0.2, 0.25) is 0 Å². The highest BCUT2D eigenvalue weighted by Crippen LogP contribution is 2.35. The van der Waals surface area contributed by atoms with Gasteiger partial charge in [0.2, 0.25) is 0 Å². The van der Waals surface area contributed by atoms with E-state index in [1.165, 1.54) is 42.7 Å². The molecule has 1 N–H and O–H groups in total. The van der Waals surface area contributed by atoms with Crippen LogP contribution < -0.4 is 5.32 Å². The predicted octanol–water partition coefficient (Wildman–Crippen LogP) is 4.25. The van der Waals surface area contributed by atoms with Crippen LogP contribution >= 0.6 is 11.3 Å². The molecular weight excluding hydrogens is 410 g/mol. The zero-order valence-electron chi connectivity index (χ0n) is 15.8. The normalized spacial score (nSPS) is 11.1. The molecule has 0 aliphatic carbocycles. The first kappa shape index (κ1) is 20.8. The summed E-state index contributed by atoms with van der Waals surface area (Å²) in [5.74, 6) is -1.01. The molecule has 0 unspecified atom stereocenters. The Morgan fingerprint density at radius 1 is 1.03 bits per heavy atom. The molecule has 1 heterocycles. The minimum absolute atomic E-state index is 0.0157. The Kier molecular flexibility index (Phi) is 6.14. The number of esters is 1. The van der Waals surface area contributed by atoms with Crippen molar-refractivity contribution in [2.75, 3.05) is 18.2 Å². The maximum absolute atomic E-state index is 12.6. The van der Waals surface area contributed by atoms with E-state index in [0.29, 0.717) is 5.69 Å². The monoisotopic (exact) mass is 429 g/mol. The van der Waals surface area contributed by atoms with Gasteiger partial charge in [-0.3, -0.25) is 4.79 Å². The van der Waals surface area contributed by atoms with Crippen molar-refractivity contribution in [2.45, 2.75) is 11.8 Å². The fourth-order valence-electron chi connectivity index (χ4n) is 2.65. The van der Waals surface area contributed by atoms with Crippen LogP contribution in [0.15, 0.2) is 65.6 Å². The number of hydrogen-bond acceptors (Lipinski definition) is 6. The summed E-state index contributed by atoms with van der Waals surface area (Å²) in [5.41, 5.74) is 1.54. The molecule has 0 spiro atoms. The highest BCUT2D eigenvalue weighted by atomic mass is 32.2. The molecule has 8 heteroatoms. The summed E-state index contributed by atoms with van der Waals surface area (Å²) in [5, 5.41) is 2.73. The summed E-state index contributed by atoms with van der Waals surface area (Å²) in [6, 6.07) is 16.9. The molecule has 150 valence electrons. The van der Waals surface area contributed by atoms with Crippen LogP contribution in [0.3, 0.4) is 0 Å². The van der Waals surface area contributed by atoms with Gasteiger partial charge in [-0.2, -0.15) is 0 Å². The maximum Gasteiger partial charge on any atom is 0.350 e. The number of amides is 1. The Morgan fingerprint density at radius 3 is 2.28 bits per heavy atom. The highest BCUT2D eigenvalue weighted by molar-refractivity contribution is 7.91. The molecule has 3 rings (SSSR count). The van der Waals surface area contributed by atoms with Crippen LogP contribution in [0.1, 0.15) is 27.0 Å². The summed E-state index contributed by atoms with van der Waals surface area (Å²) in [6.07, 6.45) is 0. The van der Waals surface area contributed by atoms with Gasteiger partial charge < -0.3 is 10.1 Å². The predicted molar refractivity (Wildman–Crippen MR) is 113 cm³/mol. The van der Waals surface area contributed by atoms with Crippen molar-refractivity contribution in [2.24, 2.45) is 0 Å². The van der Waals surface area contributed by atoms with Crippen LogP contribution in [-0.4, -0.2) is 33.2 Å². The van der Waals surface area contributed by atoms with Gasteiger partial charge in [0.25, 0.3) is 5.91 Å². The number of nitrogens with one attached hydrogen (secondary N) is 1. The lowest BCUT2D eigenvalue weighted by molar-refractivity contribution is 0.0607. The molecule has 2 aromatic carbocycles. The van der Waals surface area contributed by atoms with Gasteiger partial charge in [0.1, 0.15) is 4.88 Å². The Balaban J connectivity index is 1.89. The van der Waals surface area contributed by atoms with Crippen LogP contribution in [0, 0.1) is 0 Å². The van der Waals surface area contributed by atoms with Gasteiger partial charge in [-0.25, -0.2) is 13.2 Å². The van der Waals surface area contributed by atoms with Crippen LogP contribution in [-0.2, 0) is 14.6 Å². The molecule has 0 saturated heterocycles. The standard InChI is InChI=1S/C21H19NO5S2/c1-3-29(25,26)16-11-9-15(10-12-16)20(23)22-17-13-18(14-7-5-4-6-8-14)28-19(17)21(24)27-2/h4-13H,3H2,1-2H3,(H,22,23). The summed E-state index contributed by atoms with van der Waals surface area (Å²) in [4.78, 5) is 26.1. The van der Waals surface area contributed by atoms with Gasteiger partial charge in [0.15, 0.2) is 9.84 Å². The average Bonchev–Trinajstić information content (AvgIpc) is 3.17. The first-order chi connectivity index (χ1) is 13.9. The molecule has 0 saturated carbocycles.